The predicted molar refractivity (Wildman–Crippen MR) is 124 cm³/mol. The van der Waals surface area contributed by atoms with Crippen molar-refractivity contribution in [1.82, 2.24) is 32.7 Å². The van der Waals surface area contributed by atoms with Crippen molar-refractivity contribution in [3.8, 4) is 11.8 Å². The van der Waals surface area contributed by atoms with E-state index in [0.717, 1.165) is 54.5 Å². The maximum absolute atomic E-state index is 13.6. The third-order valence-corrected chi connectivity index (χ3v) is 6.24. The second-order valence-corrected chi connectivity index (χ2v) is 8.18. The molecule has 1 saturated heterocycles. The van der Waals surface area contributed by atoms with Gasteiger partial charge in [0.2, 0.25) is 5.95 Å². The van der Waals surface area contributed by atoms with Gasteiger partial charge in [-0.2, -0.15) is 13.7 Å². The Morgan fingerprint density at radius 2 is 1.91 bits per heavy atom. The molecule has 164 valence electrons. The number of piperazine rings is 1. The van der Waals surface area contributed by atoms with E-state index in [-0.39, 0.29) is 12.1 Å². The van der Waals surface area contributed by atoms with Crippen molar-refractivity contribution in [2.75, 3.05) is 31.1 Å². The van der Waals surface area contributed by atoms with Crippen LogP contribution in [0, 0.1) is 11.8 Å². The Bertz CT molecular complexity index is 1490. The summed E-state index contributed by atoms with van der Waals surface area (Å²) >= 11 is 1.14. The van der Waals surface area contributed by atoms with E-state index >= 15 is 0 Å². The second kappa shape index (κ2) is 8.22. The summed E-state index contributed by atoms with van der Waals surface area (Å²) in [6, 6.07) is 5.58. The molecule has 0 bridgehead atoms. The first-order valence-corrected chi connectivity index (χ1v) is 11.1. The minimum atomic E-state index is -0.405. The van der Waals surface area contributed by atoms with Crippen molar-refractivity contribution in [1.29, 1.82) is 0 Å². The molecule has 0 unspecified atom stereocenters. The molecule has 3 aromatic heterocycles. The van der Waals surface area contributed by atoms with Crippen LogP contribution in [0.5, 0.6) is 0 Å². The van der Waals surface area contributed by atoms with Gasteiger partial charge in [-0.15, -0.1) is 5.92 Å². The number of fused-ring (bicyclic) bond motifs is 2. The van der Waals surface area contributed by atoms with Gasteiger partial charge >= 0.3 is 5.69 Å². The van der Waals surface area contributed by atoms with Crippen LogP contribution in [0.1, 0.15) is 12.5 Å². The number of nitrogens with zero attached hydrogens (tertiary/aromatic N) is 7. The molecule has 32 heavy (non-hydrogen) atoms. The van der Waals surface area contributed by atoms with Crippen molar-refractivity contribution in [2.45, 2.75) is 20.0 Å². The van der Waals surface area contributed by atoms with Crippen LogP contribution in [0.2, 0.25) is 0 Å². The van der Waals surface area contributed by atoms with Crippen molar-refractivity contribution in [2.24, 2.45) is 7.05 Å². The first-order chi connectivity index (χ1) is 15.6. The maximum Gasteiger partial charge on any atom is 0.332 e. The van der Waals surface area contributed by atoms with Crippen molar-refractivity contribution in [3.05, 3.63) is 44.6 Å². The molecule has 1 aliphatic heterocycles. The number of aromatic nitrogens is 6. The Balaban J connectivity index is 1.69. The summed E-state index contributed by atoms with van der Waals surface area (Å²) in [5, 5.41) is 3.32. The molecule has 0 aliphatic carbocycles. The maximum atomic E-state index is 13.6. The molecule has 4 aromatic rings. The van der Waals surface area contributed by atoms with Crippen molar-refractivity contribution >= 4 is 39.9 Å². The molecule has 4 heterocycles. The lowest BCUT2D eigenvalue weighted by Gasteiger charge is -2.28. The van der Waals surface area contributed by atoms with Gasteiger partial charge in [0.05, 0.1) is 24.8 Å². The fourth-order valence-corrected chi connectivity index (χ4v) is 4.54. The molecular weight excluding hydrogens is 428 g/mol. The molecule has 1 fully saturated rings. The number of benzene rings is 1. The molecule has 11 heteroatoms. The number of hydrogen-bond donors (Lipinski definition) is 1. The van der Waals surface area contributed by atoms with E-state index < -0.39 is 5.69 Å². The Morgan fingerprint density at radius 1 is 1.12 bits per heavy atom. The van der Waals surface area contributed by atoms with Crippen LogP contribution in [0.25, 0.3) is 22.2 Å². The van der Waals surface area contributed by atoms with Gasteiger partial charge < -0.3 is 10.2 Å². The normalized spacial score (nSPS) is 14.1. The molecule has 0 saturated carbocycles. The monoisotopic (exact) mass is 450 g/mol. The Kier molecular flexibility index (Phi) is 5.24. The van der Waals surface area contributed by atoms with E-state index in [4.69, 9.17) is 4.98 Å². The second-order valence-electron chi connectivity index (χ2n) is 7.65. The Hall–Kier alpha value is -3.49. The average molecular weight is 451 g/mol. The van der Waals surface area contributed by atoms with E-state index in [1.807, 2.05) is 22.8 Å². The van der Waals surface area contributed by atoms with Gasteiger partial charge in [0, 0.05) is 33.2 Å². The van der Waals surface area contributed by atoms with Crippen LogP contribution in [0.3, 0.4) is 0 Å². The molecule has 10 nitrogen and oxygen atoms in total. The Labute approximate surface area is 187 Å². The van der Waals surface area contributed by atoms with Crippen LogP contribution >= 0.6 is 11.7 Å². The highest BCUT2D eigenvalue weighted by atomic mass is 32.1. The van der Waals surface area contributed by atoms with E-state index in [0.29, 0.717) is 23.7 Å². The highest BCUT2D eigenvalue weighted by Crippen LogP contribution is 2.20. The van der Waals surface area contributed by atoms with Gasteiger partial charge in [0.1, 0.15) is 11.0 Å². The van der Waals surface area contributed by atoms with E-state index in [1.165, 1.54) is 9.13 Å². The fraction of sp³-hybridized carbons (Fsp3) is 0.381. The lowest BCUT2D eigenvalue weighted by molar-refractivity contribution is 0.572. The van der Waals surface area contributed by atoms with Gasteiger partial charge in [-0.1, -0.05) is 12.0 Å². The fourth-order valence-electron chi connectivity index (χ4n) is 4.02. The van der Waals surface area contributed by atoms with Crippen LogP contribution < -0.4 is 21.5 Å². The van der Waals surface area contributed by atoms with Crippen molar-refractivity contribution in [3.63, 3.8) is 0 Å². The zero-order valence-electron chi connectivity index (χ0n) is 17.8. The number of imidazole rings is 1. The lowest BCUT2D eigenvalue weighted by atomic mass is 10.2. The molecule has 1 aliphatic rings. The summed E-state index contributed by atoms with van der Waals surface area (Å²) in [7, 11) is 1.65. The number of hydrogen-bond acceptors (Lipinski definition) is 8. The molecule has 1 aromatic carbocycles. The summed E-state index contributed by atoms with van der Waals surface area (Å²) in [6.45, 7) is 5.44. The number of anilines is 1. The highest BCUT2D eigenvalue weighted by Gasteiger charge is 2.24. The molecule has 0 atom stereocenters. The molecule has 0 amide bonds. The molecular formula is C21H22N8O2S. The van der Waals surface area contributed by atoms with Gasteiger partial charge in [-0.05, 0) is 24.6 Å². The largest absolute Gasteiger partial charge is 0.340 e. The average Bonchev–Trinajstić information content (AvgIpc) is 3.44. The smallest absolute Gasteiger partial charge is 0.332 e. The van der Waals surface area contributed by atoms with Crippen LogP contribution in [-0.4, -0.2) is 53.6 Å². The standard InChI is InChI=1S/C21H22N8O2S/c1-3-4-9-28-17-18(23-20(28)27-10-7-22-8-11-27)26(2)21(31)29(19(17)30)13-14-5-6-15-16(12-14)25-32-24-15/h5-6,12,22H,7-11,13H2,1-2H3. The van der Waals surface area contributed by atoms with Gasteiger partial charge in [-0.25, -0.2) is 4.79 Å². The molecule has 0 radical (unpaired) electrons. The van der Waals surface area contributed by atoms with Crippen LogP contribution in [-0.2, 0) is 20.1 Å². The summed E-state index contributed by atoms with van der Waals surface area (Å²) in [6.07, 6.45) is 0. The van der Waals surface area contributed by atoms with E-state index in [9.17, 15) is 9.59 Å². The van der Waals surface area contributed by atoms with Crippen LogP contribution in [0.15, 0.2) is 27.8 Å². The zero-order chi connectivity index (χ0) is 22.2. The topological polar surface area (TPSA) is 103 Å². The zero-order valence-corrected chi connectivity index (χ0v) is 18.6. The summed E-state index contributed by atoms with van der Waals surface area (Å²) in [5.74, 6) is 6.62. The summed E-state index contributed by atoms with van der Waals surface area (Å²) in [5.41, 5.74) is 2.35. The van der Waals surface area contributed by atoms with Gasteiger partial charge in [0.15, 0.2) is 11.2 Å². The third-order valence-electron chi connectivity index (χ3n) is 5.68. The Morgan fingerprint density at radius 3 is 2.69 bits per heavy atom. The quantitative estimate of drug-likeness (QED) is 0.449. The van der Waals surface area contributed by atoms with E-state index in [1.54, 1.807) is 14.0 Å². The first kappa shape index (κ1) is 20.4. The number of nitrogens with one attached hydrogen (secondary N) is 1. The van der Waals surface area contributed by atoms with Gasteiger partial charge in [0.25, 0.3) is 5.56 Å². The lowest BCUT2D eigenvalue weighted by Crippen LogP contribution is -2.44. The SMILES string of the molecule is CC#CCn1c(N2CCNCC2)nc2c1c(=O)n(Cc1ccc3nsnc3c1)c(=O)n2C. The molecule has 0 spiro atoms. The highest BCUT2D eigenvalue weighted by molar-refractivity contribution is 7.00. The minimum absolute atomic E-state index is 0.141. The molecule has 5 rings (SSSR count). The van der Waals surface area contributed by atoms with E-state index in [2.05, 4.69) is 30.8 Å². The van der Waals surface area contributed by atoms with Gasteiger partial charge in [-0.3, -0.25) is 18.5 Å². The minimum Gasteiger partial charge on any atom is -0.340 e. The van der Waals surface area contributed by atoms with Crippen LogP contribution in [0.4, 0.5) is 5.95 Å². The first-order valence-electron chi connectivity index (χ1n) is 10.3. The number of aryl methyl sites for hydroxylation is 1. The number of rotatable bonds is 4. The summed E-state index contributed by atoms with van der Waals surface area (Å²) < 4.78 is 13.0. The van der Waals surface area contributed by atoms with Crippen molar-refractivity contribution < 1.29 is 0 Å². The predicted octanol–water partition coefficient (Wildman–Crippen LogP) is 0.383. The molecule has 1 N–H and O–H groups in total. The summed E-state index contributed by atoms with van der Waals surface area (Å²) in [4.78, 5) is 33.6. The third kappa shape index (κ3) is 3.37.